The van der Waals surface area contributed by atoms with Gasteiger partial charge in [-0.15, -0.1) is 11.8 Å². The van der Waals surface area contributed by atoms with Crippen molar-refractivity contribution in [2.24, 2.45) is 0 Å². The Kier molecular flexibility index (Phi) is 3.37. The van der Waals surface area contributed by atoms with Gasteiger partial charge in [0.05, 0.1) is 10.4 Å². The number of hydrogen-bond acceptors (Lipinski definition) is 3. The van der Waals surface area contributed by atoms with Gasteiger partial charge in [0, 0.05) is 5.75 Å². The van der Waals surface area contributed by atoms with Crippen LogP contribution in [0, 0.1) is 5.82 Å². The van der Waals surface area contributed by atoms with Crippen LogP contribution in [-0.2, 0) is 4.79 Å². The minimum Gasteiger partial charge on any atom is -0.480 e. The fourth-order valence-corrected chi connectivity index (χ4v) is 2.82. The molecule has 1 unspecified atom stereocenters. The summed E-state index contributed by atoms with van der Waals surface area (Å²) in [5, 5.41) is 11.6. The molecule has 0 bridgehead atoms. The number of benzene rings is 1. The Balaban J connectivity index is 2.14. The van der Waals surface area contributed by atoms with Crippen LogP contribution in [0.25, 0.3) is 0 Å². The highest BCUT2D eigenvalue weighted by molar-refractivity contribution is 7.99. The molecule has 1 aliphatic rings. The van der Waals surface area contributed by atoms with E-state index in [1.54, 1.807) is 6.07 Å². The highest BCUT2D eigenvalue weighted by Gasteiger charge is 2.30. The van der Waals surface area contributed by atoms with Crippen molar-refractivity contribution in [2.75, 3.05) is 5.75 Å². The van der Waals surface area contributed by atoms with E-state index in [0.29, 0.717) is 11.3 Å². The first-order valence-electron chi connectivity index (χ1n) is 4.63. The zero-order valence-corrected chi connectivity index (χ0v) is 9.69. The second kappa shape index (κ2) is 4.61. The van der Waals surface area contributed by atoms with E-state index in [9.17, 15) is 9.18 Å². The molecule has 0 aliphatic carbocycles. The fourth-order valence-electron chi connectivity index (χ4n) is 1.48. The van der Waals surface area contributed by atoms with Crippen molar-refractivity contribution in [1.82, 2.24) is 5.32 Å². The first kappa shape index (κ1) is 11.7. The van der Waals surface area contributed by atoms with Crippen LogP contribution in [0.2, 0.25) is 5.02 Å². The average molecular weight is 262 g/mol. The summed E-state index contributed by atoms with van der Waals surface area (Å²) in [5.41, 5.74) is 0.704. The molecule has 2 atom stereocenters. The largest absolute Gasteiger partial charge is 0.480 e. The molecule has 1 aliphatic heterocycles. The van der Waals surface area contributed by atoms with E-state index in [1.807, 2.05) is 0 Å². The maximum atomic E-state index is 13.2. The van der Waals surface area contributed by atoms with Crippen molar-refractivity contribution in [3.8, 4) is 0 Å². The first-order valence-corrected chi connectivity index (χ1v) is 6.06. The Morgan fingerprint density at radius 1 is 1.62 bits per heavy atom. The smallest absolute Gasteiger partial charge is 0.321 e. The monoisotopic (exact) mass is 261 g/mol. The van der Waals surface area contributed by atoms with Crippen molar-refractivity contribution < 1.29 is 14.3 Å². The zero-order valence-electron chi connectivity index (χ0n) is 8.11. The molecule has 0 aromatic heterocycles. The molecular formula is C10H9ClFNO2S. The third kappa shape index (κ3) is 2.31. The zero-order chi connectivity index (χ0) is 11.7. The van der Waals surface area contributed by atoms with Crippen LogP contribution in [0.15, 0.2) is 18.2 Å². The predicted octanol–water partition coefficient (Wildman–Crippen LogP) is 2.27. The van der Waals surface area contributed by atoms with Gasteiger partial charge < -0.3 is 5.11 Å². The first-order chi connectivity index (χ1) is 7.58. The molecule has 2 N–H and O–H groups in total. The van der Waals surface area contributed by atoms with Gasteiger partial charge in [-0.05, 0) is 17.7 Å². The molecule has 1 fully saturated rings. The number of halogens is 2. The van der Waals surface area contributed by atoms with E-state index < -0.39 is 17.8 Å². The van der Waals surface area contributed by atoms with Crippen LogP contribution in [0.5, 0.6) is 0 Å². The van der Waals surface area contributed by atoms with E-state index in [4.69, 9.17) is 16.7 Å². The Morgan fingerprint density at radius 3 is 2.94 bits per heavy atom. The van der Waals surface area contributed by atoms with E-state index in [-0.39, 0.29) is 10.4 Å². The molecule has 0 spiro atoms. The van der Waals surface area contributed by atoms with Crippen LogP contribution in [0.3, 0.4) is 0 Å². The lowest BCUT2D eigenvalue weighted by atomic mass is 10.2. The number of thioether (sulfide) groups is 1. The Bertz CT molecular complexity index is 429. The molecule has 2 rings (SSSR count). The van der Waals surface area contributed by atoms with Gasteiger partial charge in [0.2, 0.25) is 0 Å². The standard InChI is InChI=1S/C10H9ClFNO2S/c11-6-2-1-5(3-7(6)12)9-13-8(4-16-9)10(14)15/h1-3,8-9,13H,4H2,(H,14,15)/t8-,9?/m0/s1. The molecule has 1 aromatic rings. The minimum atomic E-state index is -0.885. The van der Waals surface area contributed by atoms with Gasteiger partial charge in [0.1, 0.15) is 11.9 Å². The Hall–Kier alpha value is -0.780. The third-order valence-corrected chi connectivity index (χ3v) is 3.90. The van der Waals surface area contributed by atoms with Gasteiger partial charge in [-0.25, -0.2) is 4.39 Å². The van der Waals surface area contributed by atoms with Crippen molar-refractivity contribution in [1.29, 1.82) is 0 Å². The van der Waals surface area contributed by atoms with E-state index in [1.165, 1.54) is 23.9 Å². The van der Waals surface area contributed by atoms with Gasteiger partial charge in [-0.3, -0.25) is 10.1 Å². The summed E-state index contributed by atoms with van der Waals surface area (Å²) in [7, 11) is 0. The van der Waals surface area contributed by atoms with Crippen molar-refractivity contribution in [3.63, 3.8) is 0 Å². The number of aliphatic carboxylic acids is 1. The van der Waals surface area contributed by atoms with Crippen molar-refractivity contribution >= 4 is 29.3 Å². The van der Waals surface area contributed by atoms with Crippen LogP contribution in [0.1, 0.15) is 10.9 Å². The molecule has 0 amide bonds. The minimum absolute atomic E-state index is 0.0709. The Morgan fingerprint density at radius 2 is 2.38 bits per heavy atom. The van der Waals surface area contributed by atoms with E-state index in [0.717, 1.165) is 0 Å². The lowest BCUT2D eigenvalue weighted by molar-refractivity contribution is -0.138. The number of hydrogen-bond donors (Lipinski definition) is 2. The molecule has 1 saturated heterocycles. The number of nitrogens with one attached hydrogen (secondary N) is 1. The molecule has 6 heteroatoms. The molecule has 3 nitrogen and oxygen atoms in total. The summed E-state index contributed by atoms with van der Waals surface area (Å²) in [5.74, 6) is -0.894. The number of carboxylic acid groups (broad SMARTS) is 1. The lowest BCUT2D eigenvalue weighted by Gasteiger charge is -2.11. The van der Waals surface area contributed by atoms with E-state index in [2.05, 4.69) is 5.32 Å². The predicted molar refractivity (Wildman–Crippen MR) is 61.2 cm³/mol. The summed E-state index contributed by atoms with van der Waals surface area (Å²) in [4.78, 5) is 10.7. The summed E-state index contributed by atoms with van der Waals surface area (Å²) < 4.78 is 13.2. The molecule has 16 heavy (non-hydrogen) atoms. The summed E-state index contributed by atoms with van der Waals surface area (Å²) >= 11 is 7.01. The molecule has 1 aromatic carbocycles. The van der Waals surface area contributed by atoms with Gasteiger partial charge in [-0.1, -0.05) is 17.7 Å². The van der Waals surface area contributed by atoms with Crippen molar-refractivity contribution in [2.45, 2.75) is 11.4 Å². The van der Waals surface area contributed by atoms with Gasteiger partial charge >= 0.3 is 5.97 Å². The molecule has 1 heterocycles. The second-order valence-electron chi connectivity index (χ2n) is 3.44. The Labute approximate surface area is 101 Å². The van der Waals surface area contributed by atoms with Crippen LogP contribution in [-0.4, -0.2) is 22.9 Å². The highest BCUT2D eigenvalue weighted by atomic mass is 35.5. The fraction of sp³-hybridized carbons (Fsp3) is 0.300. The van der Waals surface area contributed by atoms with Crippen molar-refractivity contribution in [3.05, 3.63) is 34.6 Å². The maximum absolute atomic E-state index is 13.2. The number of carboxylic acids is 1. The number of rotatable bonds is 2. The quantitative estimate of drug-likeness (QED) is 0.858. The normalized spacial score (nSPS) is 24.6. The second-order valence-corrected chi connectivity index (χ2v) is 4.99. The van der Waals surface area contributed by atoms with Crippen LogP contribution >= 0.6 is 23.4 Å². The molecule has 0 saturated carbocycles. The molecule has 86 valence electrons. The van der Waals surface area contributed by atoms with Gasteiger partial charge in [-0.2, -0.15) is 0 Å². The molecule has 0 radical (unpaired) electrons. The van der Waals surface area contributed by atoms with E-state index >= 15 is 0 Å². The maximum Gasteiger partial charge on any atom is 0.321 e. The van der Waals surface area contributed by atoms with Gasteiger partial charge in [0.15, 0.2) is 0 Å². The number of carbonyl (C=O) groups is 1. The topological polar surface area (TPSA) is 49.3 Å². The van der Waals surface area contributed by atoms with Crippen LogP contribution in [0.4, 0.5) is 4.39 Å². The highest BCUT2D eigenvalue weighted by Crippen LogP contribution is 2.33. The summed E-state index contributed by atoms with van der Waals surface area (Å²) in [6, 6.07) is 3.92. The molecular weight excluding hydrogens is 253 g/mol. The summed E-state index contributed by atoms with van der Waals surface area (Å²) in [6.07, 6.45) is 0. The summed E-state index contributed by atoms with van der Waals surface area (Å²) in [6.45, 7) is 0. The van der Waals surface area contributed by atoms with Gasteiger partial charge in [0.25, 0.3) is 0 Å². The third-order valence-electron chi connectivity index (χ3n) is 2.33. The lowest BCUT2D eigenvalue weighted by Crippen LogP contribution is -2.33. The van der Waals surface area contributed by atoms with Crippen LogP contribution < -0.4 is 5.32 Å². The SMILES string of the molecule is O=C(O)[C@@H]1CSC(c2ccc(Cl)c(F)c2)N1. The average Bonchev–Trinajstić information content (AvgIpc) is 2.71.